The lowest BCUT2D eigenvalue weighted by Gasteiger charge is -2.09. The third kappa shape index (κ3) is 3.67. The average Bonchev–Trinajstić information content (AvgIpc) is 2.18. The van der Waals surface area contributed by atoms with Gasteiger partial charge in [0.05, 0.1) is 0 Å². The number of unbranched alkanes of at least 4 members (excludes halogenated alkanes) is 1. The molecule has 0 aliphatic heterocycles. The Kier molecular flexibility index (Phi) is 4.95. The van der Waals surface area contributed by atoms with Crippen molar-refractivity contribution in [2.75, 3.05) is 0 Å². The molecule has 2 heteroatoms. The van der Waals surface area contributed by atoms with Gasteiger partial charge in [-0.2, -0.15) is 0 Å². The third-order valence-electron chi connectivity index (χ3n) is 2.40. The Bertz CT molecular complexity index is 273. The lowest BCUT2D eigenvalue weighted by molar-refractivity contribution is 0.666. The summed E-state index contributed by atoms with van der Waals surface area (Å²) in [4.78, 5) is 4.34. The fourth-order valence-electron chi connectivity index (χ4n) is 1.47. The van der Waals surface area contributed by atoms with E-state index in [1.807, 2.05) is 12.3 Å². The van der Waals surface area contributed by atoms with Crippen molar-refractivity contribution in [1.29, 1.82) is 0 Å². The van der Waals surface area contributed by atoms with Crippen LogP contribution < -0.4 is 0 Å². The second kappa shape index (κ2) is 6.02. The molecule has 0 saturated heterocycles. The molecule has 1 aromatic heterocycles. The van der Waals surface area contributed by atoms with E-state index in [1.54, 1.807) is 0 Å². The molecule has 0 aromatic carbocycles. The number of hydrogen-bond acceptors (Lipinski definition) is 1. The van der Waals surface area contributed by atoms with E-state index in [-0.39, 0.29) is 5.38 Å². The molecule has 0 aliphatic carbocycles. The number of alkyl halides is 1. The summed E-state index contributed by atoms with van der Waals surface area (Å²) in [5.74, 6) is 0. The predicted octanol–water partition coefficient (Wildman–Crippen LogP) is 3.73. The van der Waals surface area contributed by atoms with Crippen LogP contribution in [-0.2, 0) is 6.42 Å². The second-order valence-electron chi connectivity index (χ2n) is 3.71. The van der Waals surface area contributed by atoms with Crippen LogP contribution in [0.5, 0.6) is 0 Å². The normalized spacial score (nSPS) is 12.8. The molecule has 0 aliphatic rings. The Balaban J connectivity index is 2.47. The minimum absolute atomic E-state index is 0.239. The van der Waals surface area contributed by atoms with Gasteiger partial charge in [-0.05, 0) is 25.0 Å². The molecular weight excluding hydrogens is 194 g/mol. The summed E-state index contributed by atoms with van der Waals surface area (Å²) in [7, 11) is 0. The van der Waals surface area contributed by atoms with Crippen LogP contribution in [0.15, 0.2) is 18.3 Å². The lowest BCUT2D eigenvalue weighted by Crippen LogP contribution is -2.06. The van der Waals surface area contributed by atoms with Gasteiger partial charge in [0, 0.05) is 23.7 Å². The Labute approximate surface area is 91.5 Å². The maximum Gasteiger partial charge on any atom is 0.0447 e. The van der Waals surface area contributed by atoms with E-state index >= 15 is 0 Å². The van der Waals surface area contributed by atoms with Crippen LogP contribution in [0.1, 0.15) is 37.4 Å². The monoisotopic (exact) mass is 211 g/mol. The van der Waals surface area contributed by atoms with Crippen molar-refractivity contribution in [3.8, 4) is 0 Å². The molecule has 1 heterocycles. The summed E-state index contributed by atoms with van der Waals surface area (Å²) in [6, 6.07) is 4.06. The Morgan fingerprint density at radius 2 is 2.29 bits per heavy atom. The molecule has 1 atom stereocenters. The van der Waals surface area contributed by atoms with Crippen LogP contribution in [0.25, 0.3) is 0 Å². The van der Waals surface area contributed by atoms with Crippen LogP contribution >= 0.6 is 11.6 Å². The van der Waals surface area contributed by atoms with Crippen molar-refractivity contribution < 1.29 is 0 Å². The zero-order valence-electron chi connectivity index (χ0n) is 8.96. The number of nitrogens with zero attached hydrogens (tertiary/aromatic N) is 1. The van der Waals surface area contributed by atoms with E-state index in [1.165, 1.54) is 18.4 Å². The molecule has 0 saturated carbocycles. The molecule has 0 bridgehead atoms. The maximum absolute atomic E-state index is 6.23. The number of halogens is 1. The summed E-state index contributed by atoms with van der Waals surface area (Å²) in [5.41, 5.74) is 2.39. The Morgan fingerprint density at radius 1 is 1.50 bits per heavy atom. The van der Waals surface area contributed by atoms with Gasteiger partial charge in [0.15, 0.2) is 0 Å². The van der Waals surface area contributed by atoms with Gasteiger partial charge >= 0.3 is 0 Å². The topological polar surface area (TPSA) is 12.9 Å². The lowest BCUT2D eigenvalue weighted by atomic mass is 10.1. The molecule has 1 nitrogen and oxygen atoms in total. The molecule has 14 heavy (non-hydrogen) atoms. The van der Waals surface area contributed by atoms with Crippen LogP contribution in [0.4, 0.5) is 0 Å². The molecule has 0 fully saturated rings. The fraction of sp³-hybridized carbons (Fsp3) is 0.583. The number of hydrogen-bond donors (Lipinski definition) is 0. The minimum atomic E-state index is 0.239. The average molecular weight is 212 g/mol. The molecular formula is C12H18ClN. The molecule has 78 valence electrons. The van der Waals surface area contributed by atoms with E-state index in [0.717, 1.165) is 18.5 Å². The highest BCUT2D eigenvalue weighted by Crippen LogP contribution is 2.14. The van der Waals surface area contributed by atoms with Crippen molar-refractivity contribution in [3.05, 3.63) is 29.6 Å². The first-order chi connectivity index (χ1) is 6.74. The van der Waals surface area contributed by atoms with Crippen LogP contribution in [0, 0.1) is 6.92 Å². The van der Waals surface area contributed by atoms with Crippen molar-refractivity contribution in [1.82, 2.24) is 4.98 Å². The molecule has 0 spiro atoms. The maximum atomic E-state index is 6.23. The first-order valence-corrected chi connectivity index (χ1v) is 5.72. The summed E-state index contributed by atoms with van der Waals surface area (Å²) in [5, 5.41) is 0.239. The Morgan fingerprint density at radius 3 is 2.93 bits per heavy atom. The zero-order chi connectivity index (χ0) is 10.4. The smallest absolute Gasteiger partial charge is 0.0447 e. The molecule has 1 aromatic rings. The molecule has 0 N–H and O–H groups in total. The number of aromatic nitrogens is 1. The SMILES string of the molecule is CCCCC(Cl)Cc1ncccc1C. The van der Waals surface area contributed by atoms with Gasteiger partial charge in [-0.15, -0.1) is 11.6 Å². The van der Waals surface area contributed by atoms with Gasteiger partial charge in [0.1, 0.15) is 0 Å². The number of aryl methyl sites for hydroxylation is 1. The predicted molar refractivity (Wildman–Crippen MR) is 61.8 cm³/mol. The third-order valence-corrected chi connectivity index (χ3v) is 2.78. The number of rotatable bonds is 5. The van der Waals surface area contributed by atoms with Gasteiger partial charge in [0.25, 0.3) is 0 Å². The second-order valence-corrected chi connectivity index (χ2v) is 4.33. The molecule has 0 radical (unpaired) electrons. The largest absolute Gasteiger partial charge is 0.261 e. The summed E-state index contributed by atoms with van der Waals surface area (Å²) in [6.45, 7) is 4.28. The molecule has 1 rings (SSSR count). The van der Waals surface area contributed by atoms with Gasteiger partial charge in [-0.1, -0.05) is 25.8 Å². The highest BCUT2D eigenvalue weighted by atomic mass is 35.5. The van der Waals surface area contributed by atoms with E-state index < -0.39 is 0 Å². The first kappa shape index (κ1) is 11.5. The summed E-state index contributed by atoms with van der Waals surface area (Å²) < 4.78 is 0. The van der Waals surface area contributed by atoms with E-state index in [4.69, 9.17) is 11.6 Å². The standard InChI is InChI=1S/C12H18ClN/c1-3-4-7-11(13)9-12-10(2)6-5-8-14-12/h5-6,8,11H,3-4,7,9H2,1-2H3. The quantitative estimate of drug-likeness (QED) is 0.677. The van der Waals surface area contributed by atoms with Gasteiger partial charge in [-0.3, -0.25) is 4.98 Å². The van der Waals surface area contributed by atoms with E-state index in [2.05, 4.69) is 24.9 Å². The van der Waals surface area contributed by atoms with Crippen LogP contribution in [0.3, 0.4) is 0 Å². The molecule has 1 unspecified atom stereocenters. The minimum Gasteiger partial charge on any atom is -0.261 e. The van der Waals surface area contributed by atoms with Gasteiger partial charge in [0.2, 0.25) is 0 Å². The van der Waals surface area contributed by atoms with Crippen LogP contribution in [-0.4, -0.2) is 10.4 Å². The van der Waals surface area contributed by atoms with E-state index in [0.29, 0.717) is 0 Å². The van der Waals surface area contributed by atoms with Gasteiger partial charge < -0.3 is 0 Å². The van der Waals surface area contributed by atoms with Crippen molar-refractivity contribution in [2.45, 2.75) is 44.9 Å². The summed E-state index contributed by atoms with van der Waals surface area (Å²) >= 11 is 6.23. The molecule has 0 amide bonds. The van der Waals surface area contributed by atoms with Gasteiger partial charge in [-0.25, -0.2) is 0 Å². The first-order valence-electron chi connectivity index (χ1n) is 5.28. The fourth-order valence-corrected chi connectivity index (χ4v) is 1.77. The highest BCUT2D eigenvalue weighted by molar-refractivity contribution is 6.20. The van der Waals surface area contributed by atoms with E-state index in [9.17, 15) is 0 Å². The summed E-state index contributed by atoms with van der Waals surface area (Å²) in [6.07, 6.45) is 6.25. The Hall–Kier alpha value is -0.560. The van der Waals surface area contributed by atoms with Crippen molar-refractivity contribution in [3.63, 3.8) is 0 Å². The van der Waals surface area contributed by atoms with Crippen molar-refractivity contribution in [2.24, 2.45) is 0 Å². The van der Waals surface area contributed by atoms with Crippen LogP contribution in [0.2, 0.25) is 0 Å². The van der Waals surface area contributed by atoms with Crippen molar-refractivity contribution >= 4 is 11.6 Å². The number of pyridine rings is 1. The zero-order valence-corrected chi connectivity index (χ0v) is 9.72. The highest BCUT2D eigenvalue weighted by Gasteiger charge is 2.07.